The van der Waals surface area contributed by atoms with E-state index in [0.29, 0.717) is 6.42 Å². The first-order chi connectivity index (χ1) is 14.8. The monoisotopic (exact) mass is 438 g/mol. The molecule has 0 aromatic heterocycles. The maximum absolute atomic E-state index is 12.3. The summed E-state index contributed by atoms with van der Waals surface area (Å²) in [5.41, 5.74) is 0. The Morgan fingerprint density at radius 2 is 1.81 bits per heavy atom. The molecule has 31 heavy (non-hydrogen) atoms. The van der Waals surface area contributed by atoms with Gasteiger partial charge in [-0.2, -0.15) is 0 Å². The van der Waals surface area contributed by atoms with E-state index >= 15 is 0 Å². The summed E-state index contributed by atoms with van der Waals surface area (Å²) in [5, 5.41) is 0. The van der Waals surface area contributed by atoms with Gasteiger partial charge in [0, 0.05) is 13.2 Å². The molecule has 0 spiro atoms. The van der Waals surface area contributed by atoms with Crippen molar-refractivity contribution in [2.24, 2.45) is 0 Å². The molecule has 1 aliphatic heterocycles. The molecule has 1 saturated heterocycles. The highest BCUT2D eigenvalue weighted by Crippen LogP contribution is 2.33. The van der Waals surface area contributed by atoms with E-state index in [1.165, 1.54) is 25.3 Å². The topological polar surface area (TPSA) is 63.2 Å². The predicted molar refractivity (Wildman–Crippen MR) is 123 cm³/mol. The molecule has 178 valence electrons. The lowest BCUT2D eigenvalue weighted by Gasteiger charge is -2.24. The number of allylic oxidation sites excluding steroid dienone is 1. The van der Waals surface area contributed by atoms with Crippen LogP contribution >= 0.6 is 0 Å². The smallest absolute Gasteiger partial charge is 0.330 e. The summed E-state index contributed by atoms with van der Waals surface area (Å²) in [6.07, 6.45) is 14.0. The van der Waals surface area contributed by atoms with Gasteiger partial charge in [0.15, 0.2) is 5.79 Å². The van der Waals surface area contributed by atoms with Crippen molar-refractivity contribution >= 4 is 5.97 Å². The van der Waals surface area contributed by atoms with E-state index in [1.807, 2.05) is 26.8 Å². The molecule has 6 heteroatoms. The lowest BCUT2D eigenvalue weighted by molar-refractivity contribution is -0.163. The zero-order valence-electron chi connectivity index (χ0n) is 19.8. The average Bonchev–Trinajstić information content (AvgIpc) is 3.01. The predicted octanol–water partition coefficient (Wildman–Crippen LogP) is 5.48. The summed E-state index contributed by atoms with van der Waals surface area (Å²) in [5.74, 6) is -1.12. The van der Waals surface area contributed by atoms with Crippen LogP contribution in [0.5, 0.6) is 0 Å². The zero-order valence-corrected chi connectivity index (χ0v) is 19.8. The number of methoxy groups -OCH3 is 1. The Morgan fingerprint density at radius 3 is 2.48 bits per heavy atom. The number of unbranched alkanes of at least 4 members (excludes halogenated alkanes) is 5. The van der Waals surface area contributed by atoms with Gasteiger partial charge in [-0.25, -0.2) is 4.79 Å². The second-order valence-electron chi connectivity index (χ2n) is 8.44. The van der Waals surface area contributed by atoms with E-state index in [4.69, 9.17) is 23.7 Å². The van der Waals surface area contributed by atoms with Crippen molar-refractivity contribution < 1.29 is 28.5 Å². The van der Waals surface area contributed by atoms with Gasteiger partial charge in [0.05, 0.1) is 12.2 Å². The molecule has 0 radical (unpaired) electrons. The Hall–Kier alpha value is -1.47. The molecule has 1 rings (SSSR count). The molecule has 1 fully saturated rings. The van der Waals surface area contributed by atoms with Crippen molar-refractivity contribution in [1.29, 1.82) is 0 Å². The van der Waals surface area contributed by atoms with Gasteiger partial charge in [-0.05, 0) is 59.0 Å². The van der Waals surface area contributed by atoms with Crippen molar-refractivity contribution in [1.82, 2.24) is 0 Å². The molecule has 4 atom stereocenters. The summed E-state index contributed by atoms with van der Waals surface area (Å²) in [7, 11) is 1.55. The van der Waals surface area contributed by atoms with Gasteiger partial charge < -0.3 is 23.7 Å². The molecule has 1 heterocycles. The first kappa shape index (κ1) is 27.6. The normalized spacial score (nSPS) is 22.3. The lowest BCUT2D eigenvalue weighted by Crippen LogP contribution is -2.36. The Balaban J connectivity index is 2.51. The number of rotatable bonds is 17. The van der Waals surface area contributed by atoms with E-state index in [1.54, 1.807) is 19.3 Å². The van der Waals surface area contributed by atoms with E-state index < -0.39 is 11.9 Å². The van der Waals surface area contributed by atoms with Crippen LogP contribution in [0.3, 0.4) is 0 Å². The minimum Gasteiger partial charge on any atom is -0.460 e. The van der Waals surface area contributed by atoms with Crippen LogP contribution in [0.15, 0.2) is 37.5 Å². The van der Waals surface area contributed by atoms with Crippen LogP contribution in [-0.4, -0.2) is 50.1 Å². The van der Waals surface area contributed by atoms with E-state index in [-0.39, 0.29) is 31.1 Å². The number of carbonyl (C=O) groups excluding carboxylic acids is 1. The number of ether oxygens (including phenoxy) is 5. The number of esters is 1. The zero-order chi connectivity index (χ0) is 23.1. The van der Waals surface area contributed by atoms with Crippen LogP contribution in [0.4, 0.5) is 0 Å². The average molecular weight is 439 g/mol. The third-order valence-electron chi connectivity index (χ3n) is 5.08. The highest BCUT2D eigenvalue weighted by Gasteiger charge is 2.44. The summed E-state index contributed by atoms with van der Waals surface area (Å²) >= 11 is 0. The molecule has 0 amide bonds. The minimum atomic E-state index is -0.735. The molecule has 0 saturated carbocycles. The van der Waals surface area contributed by atoms with E-state index in [2.05, 4.69) is 13.2 Å². The van der Waals surface area contributed by atoms with Crippen LogP contribution in [0.25, 0.3) is 0 Å². The van der Waals surface area contributed by atoms with Crippen LogP contribution in [-0.2, 0) is 28.5 Å². The molecule has 0 aliphatic carbocycles. The summed E-state index contributed by atoms with van der Waals surface area (Å²) in [6.45, 7) is 13.2. The largest absolute Gasteiger partial charge is 0.460 e. The quantitative estimate of drug-likeness (QED) is 0.0985. The Morgan fingerprint density at radius 1 is 1.10 bits per heavy atom. The van der Waals surface area contributed by atoms with Crippen LogP contribution < -0.4 is 0 Å². The van der Waals surface area contributed by atoms with E-state index in [0.717, 1.165) is 25.7 Å². The molecule has 6 nitrogen and oxygen atoms in total. The molecule has 0 bridgehead atoms. The molecule has 1 aliphatic rings. The van der Waals surface area contributed by atoms with Crippen LogP contribution in [0, 0.1) is 0 Å². The lowest BCUT2D eigenvalue weighted by atomic mass is 10.0. The van der Waals surface area contributed by atoms with Crippen molar-refractivity contribution in [2.75, 3.05) is 13.9 Å². The molecule has 0 aromatic rings. The molecular weight excluding hydrogens is 396 g/mol. The third-order valence-corrected chi connectivity index (χ3v) is 5.08. The summed E-state index contributed by atoms with van der Waals surface area (Å²) < 4.78 is 28.3. The number of hydrogen-bond acceptors (Lipinski definition) is 6. The minimum absolute atomic E-state index is 0.0777. The van der Waals surface area contributed by atoms with Gasteiger partial charge in [-0.15, -0.1) is 13.2 Å². The summed E-state index contributed by atoms with van der Waals surface area (Å²) in [6, 6.07) is 0. The molecule has 0 aromatic carbocycles. The van der Waals surface area contributed by atoms with Gasteiger partial charge in [0.2, 0.25) is 0 Å². The second-order valence-corrected chi connectivity index (χ2v) is 8.44. The fourth-order valence-electron chi connectivity index (χ4n) is 3.62. The molecule has 0 N–H and O–H groups in total. The van der Waals surface area contributed by atoms with Gasteiger partial charge in [0.25, 0.3) is 0 Å². The fourth-order valence-corrected chi connectivity index (χ4v) is 3.62. The highest BCUT2D eigenvalue weighted by atomic mass is 16.8. The van der Waals surface area contributed by atoms with Crippen LogP contribution in [0.1, 0.15) is 72.1 Å². The van der Waals surface area contributed by atoms with Crippen molar-refractivity contribution in [2.45, 2.75) is 102 Å². The molecular formula is C25H42O6. The second kappa shape index (κ2) is 15.4. The maximum atomic E-state index is 12.3. The van der Waals surface area contributed by atoms with Crippen molar-refractivity contribution in [3.8, 4) is 0 Å². The van der Waals surface area contributed by atoms with E-state index in [9.17, 15) is 4.79 Å². The Bertz CT molecular complexity index is 556. The SMILES string of the molecule is C=CCCCCCCC[C@H](C)OC(=O)/C=C/C(OCOC)[C@H]1OC(C)(C)O[C@@H]1CC=C. The highest BCUT2D eigenvalue weighted by molar-refractivity contribution is 5.82. The fraction of sp³-hybridized carbons (Fsp3) is 0.720. The van der Waals surface area contributed by atoms with Crippen molar-refractivity contribution in [3.05, 3.63) is 37.5 Å². The summed E-state index contributed by atoms with van der Waals surface area (Å²) in [4.78, 5) is 12.3. The first-order valence-corrected chi connectivity index (χ1v) is 11.4. The Kier molecular flexibility index (Phi) is 13.7. The first-order valence-electron chi connectivity index (χ1n) is 11.4. The number of hydrogen-bond donors (Lipinski definition) is 0. The number of carbonyl (C=O) groups is 1. The molecule has 1 unspecified atom stereocenters. The van der Waals surface area contributed by atoms with Gasteiger partial charge in [0.1, 0.15) is 19.0 Å². The Labute approximate surface area is 188 Å². The maximum Gasteiger partial charge on any atom is 0.330 e. The standard InChI is InChI=1S/C25H42O6/c1-7-9-10-11-12-13-14-16-20(3)29-23(26)18-17-21(28-19-27-6)24-22(15-8-2)30-25(4,5)31-24/h7-8,17-18,20-22,24H,1-2,9-16,19H2,3-6H3/b18-17+/t20-,21?,22+,24+/m0/s1. The van der Waals surface area contributed by atoms with Gasteiger partial charge >= 0.3 is 5.97 Å². The van der Waals surface area contributed by atoms with Crippen molar-refractivity contribution in [3.63, 3.8) is 0 Å². The van der Waals surface area contributed by atoms with Gasteiger partial charge in [-0.1, -0.05) is 31.4 Å². The van der Waals surface area contributed by atoms with Gasteiger partial charge in [-0.3, -0.25) is 0 Å². The third kappa shape index (κ3) is 11.6. The van der Waals surface area contributed by atoms with Crippen LogP contribution in [0.2, 0.25) is 0 Å².